The monoisotopic (exact) mass is 357 g/mol. The fourth-order valence-electron chi connectivity index (χ4n) is 3.31. The zero-order chi connectivity index (χ0) is 18.2. The van der Waals surface area contributed by atoms with E-state index in [9.17, 15) is 9.35 Å². The second-order valence-electron chi connectivity index (χ2n) is 7.80. The van der Waals surface area contributed by atoms with Crippen molar-refractivity contribution in [2.24, 2.45) is 5.41 Å². The largest absolute Gasteiger partial charge is 0.598 e. The zero-order valence-corrected chi connectivity index (χ0v) is 16.7. The van der Waals surface area contributed by atoms with Gasteiger partial charge >= 0.3 is 5.97 Å². The van der Waals surface area contributed by atoms with Gasteiger partial charge in [0.05, 0.1) is 11.5 Å². The molecular formula is C19H35NO3S. The topological polar surface area (TPSA) is 61.4 Å². The van der Waals surface area contributed by atoms with Crippen LogP contribution in [-0.2, 0) is 20.9 Å². The molecule has 0 aliphatic heterocycles. The van der Waals surface area contributed by atoms with Crippen molar-refractivity contribution in [3.8, 4) is 0 Å². The fraction of sp³-hybridized carbons (Fsp3) is 0.842. The Kier molecular flexibility index (Phi) is 8.82. The van der Waals surface area contributed by atoms with Crippen molar-refractivity contribution in [2.45, 2.75) is 89.9 Å². The maximum atomic E-state index is 13.0. The highest BCUT2D eigenvalue weighted by atomic mass is 32.2. The van der Waals surface area contributed by atoms with Crippen molar-refractivity contribution in [2.75, 3.05) is 6.61 Å². The van der Waals surface area contributed by atoms with Crippen LogP contribution in [-0.4, -0.2) is 27.9 Å². The lowest BCUT2D eigenvalue weighted by molar-refractivity contribution is -0.157. The highest BCUT2D eigenvalue weighted by Crippen LogP contribution is 2.42. The van der Waals surface area contributed by atoms with E-state index in [0.717, 1.165) is 51.4 Å². The number of hydrogen-bond acceptors (Lipinski definition) is 4. The van der Waals surface area contributed by atoms with Crippen LogP contribution in [0, 0.1) is 5.41 Å². The molecule has 0 aromatic heterocycles. The van der Waals surface area contributed by atoms with Crippen molar-refractivity contribution >= 4 is 17.3 Å². The lowest BCUT2D eigenvalue weighted by Crippen LogP contribution is -2.55. The summed E-state index contributed by atoms with van der Waals surface area (Å²) >= 11 is -1.19. The van der Waals surface area contributed by atoms with Crippen LogP contribution >= 0.6 is 0 Å². The van der Waals surface area contributed by atoms with Gasteiger partial charge in [0.2, 0.25) is 0 Å². The molecule has 1 N–H and O–H groups in total. The van der Waals surface area contributed by atoms with E-state index < -0.39 is 16.8 Å². The molecule has 1 rings (SSSR count). The van der Waals surface area contributed by atoms with Gasteiger partial charge in [-0.1, -0.05) is 51.7 Å². The minimum Gasteiger partial charge on any atom is -0.598 e. The molecule has 0 aromatic rings. The summed E-state index contributed by atoms with van der Waals surface area (Å²) in [6.07, 6.45) is 9.28. The summed E-state index contributed by atoms with van der Waals surface area (Å²) in [6, 6.07) is -0.0936. The van der Waals surface area contributed by atoms with Crippen LogP contribution in [0.2, 0.25) is 0 Å². The average molecular weight is 358 g/mol. The number of hydrogen-bond donors (Lipinski definition) is 1. The van der Waals surface area contributed by atoms with Gasteiger partial charge in [0, 0.05) is 11.4 Å². The Bertz CT molecular complexity index is 408. The first-order valence-corrected chi connectivity index (χ1v) is 10.4. The molecule has 1 aliphatic carbocycles. The Labute approximate surface area is 151 Å². The summed E-state index contributed by atoms with van der Waals surface area (Å²) in [6.45, 7) is 11.9. The molecule has 0 spiro atoms. The Morgan fingerprint density at radius 1 is 1.42 bits per heavy atom. The van der Waals surface area contributed by atoms with Crippen LogP contribution in [0.3, 0.4) is 0 Å². The maximum absolute atomic E-state index is 13.0. The highest BCUT2D eigenvalue weighted by molar-refractivity contribution is 7.90. The van der Waals surface area contributed by atoms with E-state index in [-0.39, 0.29) is 23.4 Å². The van der Waals surface area contributed by atoms with Crippen LogP contribution in [0.4, 0.5) is 0 Å². The van der Waals surface area contributed by atoms with Gasteiger partial charge in [0.15, 0.2) is 0 Å². The predicted molar refractivity (Wildman–Crippen MR) is 101 cm³/mol. The molecule has 4 nitrogen and oxygen atoms in total. The van der Waals surface area contributed by atoms with Crippen LogP contribution in [0.25, 0.3) is 0 Å². The average Bonchev–Trinajstić information content (AvgIpc) is 2.73. The summed E-state index contributed by atoms with van der Waals surface area (Å²) < 4.78 is 21.1. The van der Waals surface area contributed by atoms with Crippen LogP contribution in [0.1, 0.15) is 79.1 Å². The molecule has 1 saturated carbocycles. The summed E-state index contributed by atoms with van der Waals surface area (Å²) in [7, 11) is 0. The second kappa shape index (κ2) is 9.83. The number of unbranched alkanes of at least 4 members (excludes halogenated alkanes) is 1. The molecule has 3 atom stereocenters. The highest BCUT2D eigenvalue weighted by Gasteiger charge is 2.49. The minimum atomic E-state index is -1.19. The van der Waals surface area contributed by atoms with Crippen molar-refractivity contribution < 1.29 is 14.1 Å². The smallest absolute Gasteiger partial charge is 0.314 e. The normalized spacial score (nSPS) is 26.5. The predicted octanol–water partition coefficient (Wildman–Crippen LogP) is 4.28. The maximum Gasteiger partial charge on any atom is 0.314 e. The van der Waals surface area contributed by atoms with Crippen molar-refractivity contribution in [1.82, 2.24) is 4.72 Å². The van der Waals surface area contributed by atoms with Gasteiger partial charge in [-0.25, -0.2) is 0 Å². The minimum absolute atomic E-state index is 0.0936. The van der Waals surface area contributed by atoms with Crippen molar-refractivity contribution in [1.29, 1.82) is 0 Å². The van der Waals surface area contributed by atoms with Crippen molar-refractivity contribution in [3.05, 3.63) is 12.7 Å². The van der Waals surface area contributed by atoms with E-state index in [0.29, 0.717) is 0 Å². The molecule has 1 aliphatic rings. The number of esters is 1. The molecule has 0 bridgehead atoms. The zero-order valence-electron chi connectivity index (χ0n) is 15.9. The number of nitrogens with one attached hydrogen (secondary N) is 1. The lowest BCUT2D eigenvalue weighted by Gasteiger charge is -2.39. The summed E-state index contributed by atoms with van der Waals surface area (Å²) in [5.41, 5.74) is -0.573. The molecule has 1 unspecified atom stereocenters. The van der Waals surface area contributed by atoms with Gasteiger partial charge in [-0.15, -0.1) is 4.72 Å². The van der Waals surface area contributed by atoms with Gasteiger partial charge in [0.1, 0.15) is 11.4 Å². The quantitative estimate of drug-likeness (QED) is 0.305. The molecule has 140 valence electrons. The molecule has 0 saturated heterocycles. The summed E-state index contributed by atoms with van der Waals surface area (Å²) in [4.78, 5) is 13.0. The number of ether oxygens (including phenoxy) is 1. The van der Waals surface area contributed by atoms with Crippen LogP contribution in [0.15, 0.2) is 12.7 Å². The third kappa shape index (κ3) is 5.78. The first kappa shape index (κ1) is 21.5. The standard InChI is InChI=1S/C19H35NO3S/c1-6-8-13-19(17(21)23-15-7-2)14-11-9-10-12-16(19)20-24(22)18(3,4)5/h7,16,20H,2,6,8-15H2,1,3-5H3/t16-,19-,24?/m1/s1. The number of carbonyl (C=O) groups is 1. The van der Waals surface area contributed by atoms with Gasteiger partial charge < -0.3 is 9.29 Å². The van der Waals surface area contributed by atoms with Gasteiger partial charge in [0.25, 0.3) is 0 Å². The third-order valence-electron chi connectivity index (χ3n) is 4.80. The van der Waals surface area contributed by atoms with E-state index >= 15 is 0 Å². The molecular weight excluding hydrogens is 322 g/mol. The molecule has 5 heteroatoms. The first-order chi connectivity index (χ1) is 11.3. The van der Waals surface area contributed by atoms with E-state index in [4.69, 9.17) is 4.74 Å². The third-order valence-corrected chi connectivity index (χ3v) is 6.41. The molecule has 0 aromatic carbocycles. The summed E-state index contributed by atoms with van der Waals surface area (Å²) in [5.74, 6) is -0.152. The van der Waals surface area contributed by atoms with E-state index in [1.54, 1.807) is 6.08 Å². The van der Waals surface area contributed by atoms with Gasteiger partial charge in [-0.3, -0.25) is 4.79 Å². The lowest BCUT2D eigenvalue weighted by atomic mass is 9.73. The van der Waals surface area contributed by atoms with Crippen molar-refractivity contribution in [3.63, 3.8) is 0 Å². The Balaban J connectivity index is 3.08. The summed E-state index contributed by atoms with van der Waals surface area (Å²) in [5, 5.41) is 0. The van der Waals surface area contributed by atoms with Gasteiger partial charge in [-0.05, 0) is 40.0 Å². The van der Waals surface area contributed by atoms with Gasteiger partial charge in [-0.2, -0.15) is 0 Å². The first-order valence-electron chi connectivity index (χ1n) is 9.24. The molecule has 1 fully saturated rings. The Morgan fingerprint density at radius 3 is 2.71 bits per heavy atom. The molecule has 0 radical (unpaired) electrons. The molecule has 24 heavy (non-hydrogen) atoms. The Hall–Kier alpha value is -0.520. The Morgan fingerprint density at radius 2 is 2.12 bits per heavy atom. The van der Waals surface area contributed by atoms with E-state index in [2.05, 4.69) is 18.2 Å². The fourth-order valence-corrected chi connectivity index (χ4v) is 4.27. The molecule has 0 heterocycles. The number of rotatable bonds is 8. The number of carbonyl (C=O) groups excluding carboxylic acids is 1. The van der Waals surface area contributed by atoms with E-state index in [1.165, 1.54) is 0 Å². The molecule has 0 amide bonds. The van der Waals surface area contributed by atoms with E-state index in [1.807, 2.05) is 20.8 Å². The van der Waals surface area contributed by atoms with Crippen LogP contribution in [0.5, 0.6) is 0 Å². The van der Waals surface area contributed by atoms with Crippen LogP contribution < -0.4 is 4.72 Å². The SMILES string of the molecule is C=CCOC(=O)[C@]1(CCCC)CCCCC[C@H]1N[S+]([O-])C(C)(C)C. The second-order valence-corrected chi connectivity index (χ2v) is 9.80.